The van der Waals surface area contributed by atoms with Gasteiger partial charge in [0.15, 0.2) is 0 Å². The number of carbonyl (C=O) groups excluding carboxylic acids is 1. The van der Waals surface area contributed by atoms with Gasteiger partial charge in [-0.3, -0.25) is 5.43 Å². The second-order valence-corrected chi connectivity index (χ2v) is 4.42. The smallest absolute Gasteiger partial charge is 0.354 e. The van der Waals surface area contributed by atoms with Gasteiger partial charge in [-0.05, 0) is 24.6 Å². The van der Waals surface area contributed by atoms with Crippen LogP contribution in [0.4, 0.5) is 5.69 Å². The molecule has 0 saturated carbocycles. The Morgan fingerprint density at radius 2 is 1.67 bits per heavy atom. The highest BCUT2D eigenvalue weighted by molar-refractivity contribution is 6.37. The van der Waals surface area contributed by atoms with Gasteiger partial charge in [-0.15, -0.1) is 0 Å². The zero-order chi connectivity index (χ0) is 14.9. The quantitative estimate of drug-likeness (QED) is 0.502. The molecule has 21 heavy (non-hydrogen) atoms. The van der Waals surface area contributed by atoms with Crippen LogP contribution >= 0.6 is 0 Å². The number of hydrazone groups is 1. The van der Waals surface area contributed by atoms with Crippen LogP contribution in [0.15, 0.2) is 65.8 Å². The van der Waals surface area contributed by atoms with E-state index in [9.17, 15) is 4.79 Å². The molecule has 2 aromatic carbocycles. The maximum atomic E-state index is 12.0. The molecule has 0 radical (unpaired) electrons. The lowest BCUT2D eigenvalue weighted by Gasteiger charge is -2.07. The van der Waals surface area contributed by atoms with Crippen molar-refractivity contribution in [1.29, 1.82) is 0 Å². The molecular weight excluding hydrogens is 264 g/mol. The van der Waals surface area contributed by atoms with Crippen LogP contribution in [-0.2, 0) is 16.0 Å². The Kier molecular flexibility index (Phi) is 5.52. The zero-order valence-corrected chi connectivity index (χ0v) is 12.0. The highest BCUT2D eigenvalue weighted by atomic mass is 16.5. The van der Waals surface area contributed by atoms with Crippen molar-refractivity contribution in [1.82, 2.24) is 0 Å². The first kappa shape index (κ1) is 14.8. The molecule has 0 bridgehead atoms. The summed E-state index contributed by atoms with van der Waals surface area (Å²) in [4.78, 5) is 12.0. The minimum absolute atomic E-state index is 0.331. The van der Waals surface area contributed by atoms with Crippen molar-refractivity contribution in [2.45, 2.75) is 13.3 Å². The molecule has 0 aliphatic heterocycles. The van der Waals surface area contributed by atoms with Crippen LogP contribution in [0.3, 0.4) is 0 Å². The first-order valence-corrected chi connectivity index (χ1v) is 6.88. The van der Waals surface area contributed by atoms with E-state index in [1.54, 1.807) is 6.92 Å². The molecule has 108 valence electrons. The summed E-state index contributed by atoms with van der Waals surface area (Å²) in [5, 5.41) is 4.20. The molecular formula is C17H18N2O2. The van der Waals surface area contributed by atoms with Gasteiger partial charge < -0.3 is 4.74 Å². The summed E-state index contributed by atoms with van der Waals surface area (Å²) >= 11 is 0. The highest BCUT2D eigenvalue weighted by Crippen LogP contribution is 2.07. The number of rotatable bonds is 6. The molecule has 0 heterocycles. The molecule has 0 fully saturated rings. The van der Waals surface area contributed by atoms with E-state index in [0.717, 1.165) is 11.3 Å². The van der Waals surface area contributed by atoms with Gasteiger partial charge >= 0.3 is 5.97 Å². The summed E-state index contributed by atoms with van der Waals surface area (Å²) in [5.74, 6) is -0.398. The van der Waals surface area contributed by atoms with E-state index in [1.807, 2.05) is 60.7 Å². The van der Waals surface area contributed by atoms with Crippen LogP contribution in [0.5, 0.6) is 0 Å². The topological polar surface area (TPSA) is 50.7 Å². The standard InChI is InChI=1S/C17H18N2O2/c1-2-21-17(20)16(13-14-9-5-3-6-10-14)19-18-15-11-7-4-8-12-15/h3-12,18H,2,13H2,1H3/b19-16-. The average Bonchev–Trinajstić information content (AvgIpc) is 2.53. The van der Waals surface area contributed by atoms with Crippen LogP contribution < -0.4 is 5.43 Å². The normalized spacial score (nSPS) is 11.0. The van der Waals surface area contributed by atoms with Gasteiger partial charge in [-0.25, -0.2) is 4.79 Å². The number of anilines is 1. The van der Waals surface area contributed by atoms with Gasteiger partial charge in [0.1, 0.15) is 5.71 Å². The predicted octanol–water partition coefficient (Wildman–Crippen LogP) is 3.26. The molecule has 2 aromatic rings. The van der Waals surface area contributed by atoms with Crippen molar-refractivity contribution < 1.29 is 9.53 Å². The first-order chi connectivity index (χ1) is 10.3. The molecule has 1 N–H and O–H groups in total. The van der Waals surface area contributed by atoms with Crippen LogP contribution in [0.25, 0.3) is 0 Å². The SMILES string of the molecule is CCOC(=O)/C(Cc1ccccc1)=N\Nc1ccccc1. The Bertz CT molecular complexity index is 595. The van der Waals surface area contributed by atoms with Crippen LogP contribution in [-0.4, -0.2) is 18.3 Å². The Balaban J connectivity index is 2.13. The highest BCUT2D eigenvalue weighted by Gasteiger charge is 2.13. The lowest BCUT2D eigenvalue weighted by molar-refractivity contribution is -0.135. The largest absolute Gasteiger partial charge is 0.461 e. The van der Waals surface area contributed by atoms with Crippen molar-refractivity contribution in [2.75, 3.05) is 12.0 Å². The third-order valence-electron chi connectivity index (χ3n) is 2.82. The van der Waals surface area contributed by atoms with Crippen molar-refractivity contribution >= 4 is 17.4 Å². The van der Waals surface area contributed by atoms with E-state index < -0.39 is 5.97 Å². The Morgan fingerprint density at radius 3 is 2.29 bits per heavy atom. The first-order valence-electron chi connectivity index (χ1n) is 6.88. The third-order valence-corrected chi connectivity index (χ3v) is 2.82. The molecule has 0 aromatic heterocycles. The fraction of sp³-hybridized carbons (Fsp3) is 0.176. The number of hydrogen-bond acceptors (Lipinski definition) is 4. The summed E-state index contributed by atoms with van der Waals surface area (Å²) in [5.41, 5.74) is 5.08. The van der Waals surface area contributed by atoms with Crippen molar-refractivity contribution in [2.24, 2.45) is 5.10 Å². The molecule has 4 nitrogen and oxygen atoms in total. The second kappa shape index (κ2) is 7.85. The Labute approximate surface area is 124 Å². The molecule has 0 saturated heterocycles. The van der Waals surface area contributed by atoms with E-state index in [1.165, 1.54) is 0 Å². The van der Waals surface area contributed by atoms with E-state index >= 15 is 0 Å². The lowest BCUT2D eigenvalue weighted by Crippen LogP contribution is -2.21. The van der Waals surface area contributed by atoms with E-state index in [-0.39, 0.29) is 0 Å². The summed E-state index contributed by atoms with van der Waals surface area (Å²) in [6.45, 7) is 2.11. The molecule has 0 unspecified atom stereocenters. The number of para-hydroxylation sites is 1. The van der Waals surface area contributed by atoms with Gasteiger partial charge in [-0.2, -0.15) is 5.10 Å². The monoisotopic (exact) mass is 282 g/mol. The molecule has 0 aliphatic carbocycles. The van der Waals surface area contributed by atoms with Gasteiger partial charge in [0.25, 0.3) is 0 Å². The van der Waals surface area contributed by atoms with Gasteiger partial charge in [-0.1, -0.05) is 48.5 Å². The molecule has 0 aliphatic rings. The van der Waals surface area contributed by atoms with Crippen LogP contribution in [0.1, 0.15) is 12.5 Å². The Hall–Kier alpha value is -2.62. The van der Waals surface area contributed by atoms with Crippen molar-refractivity contribution in [3.8, 4) is 0 Å². The van der Waals surface area contributed by atoms with E-state index in [0.29, 0.717) is 18.7 Å². The summed E-state index contributed by atoms with van der Waals surface area (Å²) < 4.78 is 5.05. The van der Waals surface area contributed by atoms with E-state index in [4.69, 9.17) is 4.74 Å². The molecule has 0 atom stereocenters. The number of hydrogen-bond donors (Lipinski definition) is 1. The lowest BCUT2D eigenvalue weighted by atomic mass is 10.1. The number of ether oxygens (including phenoxy) is 1. The van der Waals surface area contributed by atoms with Crippen LogP contribution in [0.2, 0.25) is 0 Å². The summed E-state index contributed by atoms with van der Waals surface area (Å²) in [7, 11) is 0. The maximum absolute atomic E-state index is 12.0. The Morgan fingerprint density at radius 1 is 1.05 bits per heavy atom. The second-order valence-electron chi connectivity index (χ2n) is 4.42. The molecule has 4 heteroatoms. The number of nitrogens with one attached hydrogen (secondary N) is 1. The van der Waals surface area contributed by atoms with Crippen molar-refractivity contribution in [3.63, 3.8) is 0 Å². The summed E-state index contributed by atoms with van der Waals surface area (Å²) in [6.07, 6.45) is 0.430. The predicted molar refractivity (Wildman–Crippen MR) is 84.3 cm³/mol. The molecule has 0 spiro atoms. The number of nitrogens with zero attached hydrogens (tertiary/aromatic N) is 1. The third kappa shape index (κ3) is 4.76. The summed E-state index contributed by atoms with van der Waals surface area (Å²) in [6, 6.07) is 19.2. The van der Waals surface area contributed by atoms with E-state index in [2.05, 4.69) is 10.5 Å². The van der Waals surface area contributed by atoms with Crippen molar-refractivity contribution in [3.05, 3.63) is 66.2 Å². The number of benzene rings is 2. The number of carbonyl (C=O) groups is 1. The number of esters is 1. The zero-order valence-electron chi connectivity index (χ0n) is 12.0. The van der Waals surface area contributed by atoms with Gasteiger partial charge in [0.2, 0.25) is 0 Å². The fourth-order valence-corrected chi connectivity index (χ4v) is 1.81. The minimum Gasteiger partial charge on any atom is -0.461 e. The molecule has 2 rings (SSSR count). The maximum Gasteiger partial charge on any atom is 0.354 e. The van der Waals surface area contributed by atoms with Crippen LogP contribution in [0, 0.1) is 0 Å². The minimum atomic E-state index is -0.398. The average molecular weight is 282 g/mol. The molecule has 0 amide bonds. The van der Waals surface area contributed by atoms with Gasteiger partial charge in [0, 0.05) is 6.42 Å². The van der Waals surface area contributed by atoms with Gasteiger partial charge in [0.05, 0.1) is 12.3 Å². The fourth-order valence-electron chi connectivity index (χ4n) is 1.81.